The Morgan fingerprint density at radius 1 is 0.700 bits per heavy atom. The summed E-state index contributed by atoms with van der Waals surface area (Å²) < 4.78 is 0. The van der Waals surface area contributed by atoms with Gasteiger partial charge in [0.25, 0.3) is 0 Å². The van der Waals surface area contributed by atoms with Gasteiger partial charge in [0.15, 0.2) is 0 Å². The van der Waals surface area contributed by atoms with Gasteiger partial charge < -0.3 is 25.7 Å². The van der Waals surface area contributed by atoms with Crippen molar-refractivity contribution in [3.63, 3.8) is 0 Å². The first kappa shape index (κ1) is 29.3. The van der Waals surface area contributed by atoms with Gasteiger partial charge in [-0.15, -0.1) is 0 Å². The van der Waals surface area contributed by atoms with Gasteiger partial charge >= 0.3 is 0 Å². The maximum Gasteiger partial charge on any atom is 0.249 e. The number of carbonyl (C=O) groups is 1. The van der Waals surface area contributed by atoms with E-state index >= 15 is 0 Å². The van der Waals surface area contributed by atoms with E-state index in [0.717, 1.165) is 51.4 Å². The summed E-state index contributed by atoms with van der Waals surface area (Å²) in [6.45, 7) is 3.87. The summed E-state index contributed by atoms with van der Waals surface area (Å²) in [6.07, 6.45) is 13.1. The fourth-order valence-corrected chi connectivity index (χ4v) is 3.69. The molecular formula is C24H49NO5. The maximum absolute atomic E-state index is 12.2. The molecule has 0 rings (SSSR count). The first-order valence-electron chi connectivity index (χ1n) is 12.4. The number of carbonyl (C=O) groups excluding carboxylic acids is 1. The van der Waals surface area contributed by atoms with Crippen LogP contribution in [0, 0.1) is 0 Å². The highest BCUT2D eigenvalue weighted by atomic mass is 16.3. The van der Waals surface area contributed by atoms with Crippen molar-refractivity contribution in [2.45, 2.75) is 141 Å². The normalized spacial score (nSPS) is 15.5. The molecule has 4 atom stereocenters. The van der Waals surface area contributed by atoms with E-state index in [-0.39, 0.29) is 0 Å². The molecule has 0 aliphatic heterocycles. The van der Waals surface area contributed by atoms with Gasteiger partial charge in [0.05, 0.1) is 18.8 Å². The van der Waals surface area contributed by atoms with Crippen LogP contribution in [0.15, 0.2) is 0 Å². The molecule has 30 heavy (non-hydrogen) atoms. The number of nitrogens with one attached hydrogen (secondary N) is 1. The zero-order valence-corrected chi connectivity index (χ0v) is 19.5. The lowest BCUT2D eigenvalue weighted by atomic mass is 9.99. The van der Waals surface area contributed by atoms with E-state index in [9.17, 15) is 25.2 Å². The van der Waals surface area contributed by atoms with Crippen molar-refractivity contribution in [2.24, 2.45) is 0 Å². The van der Waals surface area contributed by atoms with Crippen LogP contribution >= 0.6 is 0 Å². The van der Waals surface area contributed by atoms with Crippen molar-refractivity contribution in [2.75, 3.05) is 6.61 Å². The Hall–Kier alpha value is -0.690. The summed E-state index contributed by atoms with van der Waals surface area (Å²) >= 11 is 0. The minimum Gasteiger partial charge on any atom is -0.394 e. The molecule has 0 saturated heterocycles. The van der Waals surface area contributed by atoms with E-state index in [1.54, 1.807) is 0 Å². The van der Waals surface area contributed by atoms with Gasteiger partial charge in [-0.1, -0.05) is 104 Å². The lowest BCUT2D eigenvalue weighted by Gasteiger charge is -2.27. The van der Waals surface area contributed by atoms with Crippen LogP contribution in [0.5, 0.6) is 0 Å². The third-order valence-corrected chi connectivity index (χ3v) is 5.82. The van der Waals surface area contributed by atoms with Crippen molar-refractivity contribution in [3.8, 4) is 0 Å². The van der Waals surface area contributed by atoms with Crippen LogP contribution in [0.3, 0.4) is 0 Å². The molecule has 0 radical (unpaired) electrons. The molecule has 5 N–H and O–H groups in total. The zero-order valence-electron chi connectivity index (χ0n) is 19.5. The van der Waals surface area contributed by atoms with Crippen LogP contribution in [0.25, 0.3) is 0 Å². The average Bonchev–Trinajstić information content (AvgIpc) is 2.75. The summed E-state index contributed by atoms with van der Waals surface area (Å²) in [6, 6.07) is -0.971. The van der Waals surface area contributed by atoms with E-state index < -0.39 is 36.9 Å². The number of unbranched alkanes of at least 4 members (excludes halogenated alkanes) is 12. The fourth-order valence-electron chi connectivity index (χ4n) is 3.69. The summed E-state index contributed by atoms with van der Waals surface area (Å²) in [7, 11) is 0. The average molecular weight is 432 g/mol. The van der Waals surface area contributed by atoms with E-state index in [0.29, 0.717) is 12.8 Å². The van der Waals surface area contributed by atoms with Crippen LogP contribution in [0.2, 0.25) is 0 Å². The highest BCUT2D eigenvalue weighted by Crippen LogP contribution is 2.13. The molecular weight excluding hydrogens is 382 g/mol. The zero-order chi connectivity index (χ0) is 22.6. The van der Waals surface area contributed by atoms with Crippen LogP contribution in [-0.2, 0) is 4.79 Å². The SMILES string of the molecule is CCCCCCCCCCCC(O)C(=O)NC(CO)C(O)C(O)CCCCCCC. The molecule has 0 aliphatic rings. The van der Waals surface area contributed by atoms with Crippen molar-refractivity contribution >= 4 is 5.91 Å². The molecule has 0 saturated carbocycles. The summed E-state index contributed by atoms with van der Waals surface area (Å²) in [4.78, 5) is 12.2. The summed E-state index contributed by atoms with van der Waals surface area (Å²) in [5, 5.41) is 42.5. The van der Waals surface area contributed by atoms with Gasteiger partial charge in [0.2, 0.25) is 5.91 Å². The molecule has 1 amide bonds. The van der Waals surface area contributed by atoms with Crippen molar-refractivity contribution in [1.82, 2.24) is 5.32 Å². The second-order valence-corrected chi connectivity index (χ2v) is 8.69. The monoisotopic (exact) mass is 431 g/mol. The number of amides is 1. The third-order valence-electron chi connectivity index (χ3n) is 5.82. The van der Waals surface area contributed by atoms with Crippen LogP contribution in [0.4, 0.5) is 0 Å². The third kappa shape index (κ3) is 15.2. The van der Waals surface area contributed by atoms with E-state index in [2.05, 4.69) is 19.2 Å². The number of rotatable bonds is 21. The topological polar surface area (TPSA) is 110 Å². The molecule has 6 nitrogen and oxygen atoms in total. The molecule has 4 unspecified atom stereocenters. The Kier molecular flexibility index (Phi) is 19.8. The number of aliphatic hydroxyl groups excluding tert-OH is 4. The Morgan fingerprint density at radius 2 is 1.13 bits per heavy atom. The van der Waals surface area contributed by atoms with E-state index in [4.69, 9.17) is 0 Å². The van der Waals surface area contributed by atoms with Crippen molar-refractivity contribution < 1.29 is 25.2 Å². The molecule has 0 aromatic heterocycles. The number of hydrogen-bond acceptors (Lipinski definition) is 5. The Labute approximate surface area is 184 Å². The highest BCUT2D eigenvalue weighted by molar-refractivity contribution is 5.80. The van der Waals surface area contributed by atoms with Gasteiger partial charge in [-0.2, -0.15) is 0 Å². The van der Waals surface area contributed by atoms with Crippen LogP contribution in [-0.4, -0.2) is 57.3 Å². The molecule has 0 aromatic carbocycles. The minimum absolute atomic E-state index is 0.371. The minimum atomic E-state index is -1.25. The summed E-state index contributed by atoms with van der Waals surface area (Å²) in [5.41, 5.74) is 0. The lowest BCUT2D eigenvalue weighted by molar-refractivity contribution is -0.132. The molecule has 6 heteroatoms. The first-order valence-corrected chi connectivity index (χ1v) is 12.4. The lowest BCUT2D eigenvalue weighted by Crippen LogP contribution is -2.53. The second kappa shape index (κ2) is 20.2. The standard InChI is InChI=1S/C24H49NO5/c1-3-5-7-9-10-11-12-14-16-18-22(28)24(30)25-20(19-26)23(29)21(27)17-15-13-8-6-4-2/h20-23,26-29H,3-19H2,1-2H3,(H,25,30). The Bertz CT molecular complexity index is 394. The van der Waals surface area contributed by atoms with Crippen molar-refractivity contribution in [1.29, 1.82) is 0 Å². The highest BCUT2D eigenvalue weighted by Gasteiger charge is 2.28. The van der Waals surface area contributed by atoms with Gasteiger partial charge in [0.1, 0.15) is 12.2 Å². The molecule has 0 aromatic rings. The van der Waals surface area contributed by atoms with Gasteiger partial charge in [-0.3, -0.25) is 4.79 Å². The van der Waals surface area contributed by atoms with Crippen LogP contribution < -0.4 is 5.32 Å². The van der Waals surface area contributed by atoms with E-state index in [1.165, 1.54) is 38.5 Å². The smallest absolute Gasteiger partial charge is 0.249 e. The van der Waals surface area contributed by atoms with Gasteiger partial charge in [0, 0.05) is 0 Å². The van der Waals surface area contributed by atoms with Gasteiger partial charge in [-0.05, 0) is 12.8 Å². The fraction of sp³-hybridized carbons (Fsp3) is 0.958. The van der Waals surface area contributed by atoms with Crippen LogP contribution in [0.1, 0.15) is 117 Å². The number of aliphatic hydroxyl groups is 4. The quantitative estimate of drug-likeness (QED) is 0.177. The molecule has 0 heterocycles. The second-order valence-electron chi connectivity index (χ2n) is 8.69. The Balaban J connectivity index is 4.01. The van der Waals surface area contributed by atoms with E-state index in [1.807, 2.05) is 0 Å². The largest absolute Gasteiger partial charge is 0.394 e. The molecule has 180 valence electrons. The molecule has 0 aliphatic carbocycles. The first-order chi connectivity index (χ1) is 14.5. The predicted molar refractivity (Wildman–Crippen MR) is 122 cm³/mol. The molecule has 0 spiro atoms. The molecule has 0 bridgehead atoms. The predicted octanol–water partition coefficient (Wildman–Crippen LogP) is 3.83. The van der Waals surface area contributed by atoms with Gasteiger partial charge in [-0.25, -0.2) is 0 Å². The van der Waals surface area contributed by atoms with Crippen molar-refractivity contribution in [3.05, 3.63) is 0 Å². The summed E-state index contributed by atoms with van der Waals surface area (Å²) in [5.74, 6) is -0.595. The maximum atomic E-state index is 12.2. The number of hydrogen-bond donors (Lipinski definition) is 5. The molecule has 0 fully saturated rings. The Morgan fingerprint density at radius 3 is 1.60 bits per heavy atom.